The van der Waals surface area contributed by atoms with Crippen LogP contribution < -0.4 is 5.32 Å². The number of carbonyl (C=O) groups excluding carboxylic acids is 1. The minimum Gasteiger partial charge on any atom is -0.354 e. The Hall–Kier alpha value is -2.17. The average molecular weight is 303 g/mol. The summed E-state index contributed by atoms with van der Waals surface area (Å²) in [5.41, 5.74) is 1.88. The Labute approximate surface area is 130 Å². The van der Waals surface area contributed by atoms with Crippen LogP contribution >= 0.6 is 0 Å². The number of hydrogen-bond donors (Lipinski definition) is 1. The van der Waals surface area contributed by atoms with Gasteiger partial charge in [0.15, 0.2) is 0 Å². The van der Waals surface area contributed by atoms with E-state index >= 15 is 0 Å². The number of rotatable bonds is 7. The molecule has 0 aliphatic carbocycles. The molecular formula is C17H22FN3O. The van der Waals surface area contributed by atoms with Gasteiger partial charge >= 0.3 is 0 Å². The SMILES string of the molecule is CCC(C)NC(=O)CCCn1cc(-c2ccc(F)cc2)cn1. The smallest absolute Gasteiger partial charge is 0.220 e. The van der Waals surface area contributed by atoms with Gasteiger partial charge in [-0.15, -0.1) is 0 Å². The van der Waals surface area contributed by atoms with Gasteiger partial charge in [0.05, 0.1) is 6.20 Å². The number of benzene rings is 1. The van der Waals surface area contributed by atoms with Crippen molar-refractivity contribution < 1.29 is 9.18 Å². The molecular weight excluding hydrogens is 281 g/mol. The second-order valence-corrected chi connectivity index (χ2v) is 5.48. The Balaban J connectivity index is 1.82. The van der Waals surface area contributed by atoms with Gasteiger partial charge in [-0.1, -0.05) is 19.1 Å². The van der Waals surface area contributed by atoms with E-state index in [4.69, 9.17) is 0 Å². The van der Waals surface area contributed by atoms with Crippen molar-refractivity contribution >= 4 is 5.91 Å². The molecule has 0 spiro atoms. The zero-order chi connectivity index (χ0) is 15.9. The monoisotopic (exact) mass is 303 g/mol. The summed E-state index contributed by atoms with van der Waals surface area (Å²) in [6.07, 6.45) is 5.85. The normalized spacial score (nSPS) is 12.1. The molecule has 0 fully saturated rings. The molecule has 0 saturated heterocycles. The molecule has 1 aromatic carbocycles. The van der Waals surface area contributed by atoms with Crippen LogP contribution in [0.25, 0.3) is 11.1 Å². The first kappa shape index (κ1) is 16.2. The van der Waals surface area contributed by atoms with E-state index in [1.165, 1.54) is 12.1 Å². The standard InChI is InChI=1S/C17H22FN3O/c1-3-13(2)20-17(22)5-4-10-21-12-15(11-19-21)14-6-8-16(18)9-7-14/h6-9,11-13H,3-5,10H2,1-2H3,(H,20,22). The van der Waals surface area contributed by atoms with Crippen LogP contribution in [0, 0.1) is 5.82 Å². The van der Waals surface area contributed by atoms with Crippen LogP contribution in [0.5, 0.6) is 0 Å². The molecule has 1 amide bonds. The summed E-state index contributed by atoms with van der Waals surface area (Å²) >= 11 is 0. The first-order chi connectivity index (χ1) is 10.6. The zero-order valence-electron chi connectivity index (χ0n) is 13.1. The maximum absolute atomic E-state index is 12.9. The summed E-state index contributed by atoms with van der Waals surface area (Å²) in [4.78, 5) is 11.7. The summed E-state index contributed by atoms with van der Waals surface area (Å²) in [6.45, 7) is 4.74. The molecule has 4 nitrogen and oxygen atoms in total. The second kappa shape index (κ2) is 7.73. The van der Waals surface area contributed by atoms with Gasteiger partial charge in [0.1, 0.15) is 5.82 Å². The number of aryl methyl sites for hydroxylation is 1. The van der Waals surface area contributed by atoms with Crippen LogP contribution in [0.3, 0.4) is 0 Å². The Bertz CT molecular complexity index is 607. The molecule has 2 aromatic rings. The second-order valence-electron chi connectivity index (χ2n) is 5.48. The van der Waals surface area contributed by atoms with Gasteiger partial charge in [0.25, 0.3) is 0 Å². The van der Waals surface area contributed by atoms with E-state index in [9.17, 15) is 9.18 Å². The van der Waals surface area contributed by atoms with Crippen LogP contribution in [0.1, 0.15) is 33.1 Å². The Morgan fingerprint density at radius 2 is 2.05 bits per heavy atom. The Morgan fingerprint density at radius 1 is 1.32 bits per heavy atom. The van der Waals surface area contributed by atoms with Gasteiger partial charge in [-0.2, -0.15) is 5.10 Å². The van der Waals surface area contributed by atoms with Crippen molar-refractivity contribution in [3.63, 3.8) is 0 Å². The molecule has 1 heterocycles. The lowest BCUT2D eigenvalue weighted by Crippen LogP contribution is -2.31. The highest BCUT2D eigenvalue weighted by atomic mass is 19.1. The Morgan fingerprint density at radius 3 is 2.73 bits per heavy atom. The third-order valence-electron chi connectivity index (χ3n) is 3.62. The summed E-state index contributed by atoms with van der Waals surface area (Å²) in [6, 6.07) is 6.56. The average Bonchev–Trinajstić information content (AvgIpc) is 2.96. The van der Waals surface area contributed by atoms with Gasteiger partial charge in [-0.3, -0.25) is 9.48 Å². The van der Waals surface area contributed by atoms with Crippen LogP contribution in [-0.4, -0.2) is 21.7 Å². The zero-order valence-corrected chi connectivity index (χ0v) is 13.1. The fraction of sp³-hybridized carbons (Fsp3) is 0.412. The lowest BCUT2D eigenvalue weighted by Gasteiger charge is -2.10. The van der Waals surface area contributed by atoms with Crippen molar-refractivity contribution in [3.05, 3.63) is 42.5 Å². The molecule has 1 aromatic heterocycles. The van der Waals surface area contributed by atoms with Gasteiger partial charge in [-0.05, 0) is 37.5 Å². The molecule has 22 heavy (non-hydrogen) atoms. The number of nitrogens with one attached hydrogen (secondary N) is 1. The number of aromatic nitrogens is 2. The largest absolute Gasteiger partial charge is 0.354 e. The maximum atomic E-state index is 12.9. The molecule has 0 aliphatic rings. The van der Waals surface area contributed by atoms with Crippen LogP contribution in [0.2, 0.25) is 0 Å². The molecule has 2 rings (SSSR count). The van der Waals surface area contributed by atoms with E-state index in [1.807, 2.05) is 24.7 Å². The lowest BCUT2D eigenvalue weighted by atomic mass is 10.1. The molecule has 0 radical (unpaired) electrons. The summed E-state index contributed by atoms with van der Waals surface area (Å²) in [5.74, 6) is -0.163. The molecule has 0 saturated carbocycles. The van der Waals surface area contributed by atoms with Crippen molar-refractivity contribution in [3.8, 4) is 11.1 Å². The van der Waals surface area contributed by atoms with Gasteiger partial charge < -0.3 is 5.32 Å². The Kier molecular flexibility index (Phi) is 5.69. The van der Waals surface area contributed by atoms with E-state index in [0.717, 1.165) is 24.0 Å². The van der Waals surface area contributed by atoms with Crippen molar-refractivity contribution in [2.24, 2.45) is 0 Å². The van der Waals surface area contributed by atoms with Gasteiger partial charge in [-0.25, -0.2) is 4.39 Å². The van der Waals surface area contributed by atoms with E-state index in [2.05, 4.69) is 10.4 Å². The van der Waals surface area contributed by atoms with E-state index < -0.39 is 0 Å². The van der Waals surface area contributed by atoms with E-state index in [-0.39, 0.29) is 17.8 Å². The predicted octanol–water partition coefficient (Wildman–Crippen LogP) is 3.38. The predicted molar refractivity (Wildman–Crippen MR) is 84.8 cm³/mol. The molecule has 5 heteroatoms. The topological polar surface area (TPSA) is 46.9 Å². The van der Waals surface area contributed by atoms with E-state index in [1.54, 1.807) is 18.3 Å². The van der Waals surface area contributed by atoms with Gasteiger partial charge in [0, 0.05) is 30.8 Å². The highest BCUT2D eigenvalue weighted by molar-refractivity contribution is 5.76. The fourth-order valence-electron chi connectivity index (χ4n) is 2.13. The third-order valence-corrected chi connectivity index (χ3v) is 3.62. The summed E-state index contributed by atoms with van der Waals surface area (Å²) < 4.78 is 14.7. The maximum Gasteiger partial charge on any atom is 0.220 e. The lowest BCUT2D eigenvalue weighted by molar-refractivity contribution is -0.121. The van der Waals surface area contributed by atoms with Gasteiger partial charge in [0.2, 0.25) is 5.91 Å². The number of nitrogens with zero attached hydrogens (tertiary/aromatic N) is 2. The molecule has 0 aliphatic heterocycles. The fourth-order valence-corrected chi connectivity index (χ4v) is 2.13. The third kappa shape index (κ3) is 4.69. The molecule has 1 unspecified atom stereocenters. The minimum absolute atomic E-state index is 0.0836. The van der Waals surface area contributed by atoms with Crippen LogP contribution in [0.4, 0.5) is 4.39 Å². The number of amides is 1. The van der Waals surface area contributed by atoms with Crippen molar-refractivity contribution in [1.29, 1.82) is 0 Å². The number of carbonyl (C=O) groups is 1. The molecule has 1 N–H and O–H groups in total. The number of halogens is 1. The summed E-state index contributed by atoms with van der Waals surface area (Å²) in [5, 5.41) is 7.23. The van der Waals surface area contributed by atoms with Crippen molar-refractivity contribution in [2.45, 2.75) is 45.7 Å². The van der Waals surface area contributed by atoms with Crippen LogP contribution in [-0.2, 0) is 11.3 Å². The van der Waals surface area contributed by atoms with Crippen molar-refractivity contribution in [2.75, 3.05) is 0 Å². The highest BCUT2D eigenvalue weighted by Crippen LogP contribution is 2.18. The van der Waals surface area contributed by atoms with Crippen molar-refractivity contribution in [1.82, 2.24) is 15.1 Å². The highest BCUT2D eigenvalue weighted by Gasteiger charge is 2.06. The first-order valence-corrected chi connectivity index (χ1v) is 7.66. The van der Waals surface area contributed by atoms with E-state index in [0.29, 0.717) is 13.0 Å². The van der Waals surface area contributed by atoms with Crippen LogP contribution in [0.15, 0.2) is 36.7 Å². The quantitative estimate of drug-likeness (QED) is 0.852. The molecule has 0 bridgehead atoms. The first-order valence-electron chi connectivity index (χ1n) is 7.66. The molecule has 118 valence electrons. The summed E-state index contributed by atoms with van der Waals surface area (Å²) in [7, 11) is 0. The molecule has 1 atom stereocenters. The minimum atomic E-state index is -0.247. The number of hydrogen-bond acceptors (Lipinski definition) is 2.